The van der Waals surface area contributed by atoms with Gasteiger partial charge in [-0.2, -0.15) is 0 Å². The summed E-state index contributed by atoms with van der Waals surface area (Å²) in [5, 5.41) is 4.00. The Morgan fingerprint density at radius 2 is 2.11 bits per heavy atom. The van der Waals surface area contributed by atoms with Gasteiger partial charge in [-0.25, -0.2) is 4.98 Å². The number of thiazole rings is 1. The molecule has 0 bridgehead atoms. The Labute approximate surface area is 111 Å². The number of nitrogens with one attached hydrogen (secondary N) is 1. The van der Waals surface area contributed by atoms with E-state index in [1.807, 2.05) is 18.3 Å². The maximum atomic E-state index is 5.57. The predicted octanol–water partition coefficient (Wildman–Crippen LogP) is 2.07. The zero-order chi connectivity index (χ0) is 12.8. The number of methoxy groups -OCH3 is 1. The molecule has 0 aliphatic heterocycles. The Bertz CT molecular complexity index is 481. The van der Waals surface area contributed by atoms with Crippen LogP contribution in [-0.4, -0.2) is 18.6 Å². The fourth-order valence-corrected chi connectivity index (χ4v) is 2.29. The summed E-state index contributed by atoms with van der Waals surface area (Å²) in [7, 11) is 1.68. The van der Waals surface area contributed by atoms with E-state index in [1.54, 1.807) is 7.11 Å². The molecule has 1 heterocycles. The van der Waals surface area contributed by atoms with Crippen LogP contribution in [0, 0.1) is 0 Å². The van der Waals surface area contributed by atoms with E-state index in [0.29, 0.717) is 5.13 Å². The lowest BCUT2D eigenvalue weighted by atomic mass is 10.1. The van der Waals surface area contributed by atoms with Crippen molar-refractivity contribution >= 4 is 16.5 Å². The van der Waals surface area contributed by atoms with Gasteiger partial charge < -0.3 is 15.8 Å². The monoisotopic (exact) mass is 263 g/mol. The minimum Gasteiger partial charge on any atom is -0.497 e. The van der Waals surface area contributed by atoms with Crippen molar-refractivity contribution in [1.82, 2.24) is 10.3 Å². The minimum atomic E-state index is 0.627. The molecular weight excluding hydrogens is 246 g/mol. The number of aromatic nitrogens is 1. The zero-order valence-electron chi connectivity index (χ0n) is 10.3. The standard InChI is InChI=1S/C13H17N3OS/c1-17-11-4-2-10(3-5-11)6-7-15-8-12-9-16-13(14)18-12/h2-5,9,15H,6-8H2,1H3,(H2,14,16). The van der Waals surface area contributed by atoms with Crippen molar-refractivity contribution in [3.05, 3.63) is 40.9 Å². The van der Waals surface area contributed by atoms with Gasteiger partial charge >= 0.3 is 0 Å². The van der Waals surface area contributed by atoms with Crippen LogP contribution >= 0.6 is 11.3 Å². The molecule has 0 radical (unpaired) electrons. The summed E-state index contributed by atoms with van der Waals surface area (Å²) in [6.45, 7) is 1.76. The number of nitrogens with zero attached hydrogens (tertiary/aromatic N) is 1. The lowest BCUT2D eigenvalue weighted by Gasteiger charge is -2.04. The first-order valence-corrected chi connectivity index (χ1v) is 6.63. The van der Waals surface area contributed by atoms with E-state index in [0.717, 1.165) is 25.3 Å². The van der Waals surface area contributed by atoms with Crippen molar-refractivity contribution in [1.29, 1.82) is 0 Å². The number of rotatable bonds is 6. The molecule has 3 N–H and O–H groups in total. The molecule has 96 valence electrons. The minimum absolute atomic E-state index is 0.627. The Balaban J connectivity index is 1.71. The van der Waals surface area contributed by atoms with Crippen LogP contribution in [0.1, 0.15) is 10.4 Å². The van der Waals surface area contributed by atoms with Gasteiger partial charge in [0.2, 0.25) is 0 Å². The quantitative estimate of drug-likeness (QED) is 0.783. The fourth-order valence-electron chi connectivity index (χ4n) is 1.64. The largest absolute Gasteiger partial charge is 0.497 e. The van der Waals surface area contributed by atoms with E-state index >= 15 is 0 Å². The number of benzene rings is 1. The lowest BCUT2D eigenvalue weighted by molar-refractivity contribution is 0.414. The zero-order valence-corrected chi connectivity index (χ0v) is 11.2. The average molecular weight is 263 g/mol. The molecule has 2 rings (SSSR count). The van der Waals surface area contributed by atoms with Crippen LogP contribution in [0.5, 0.6) is 5.75 Å². The van der Waals surface area contributed by atoms with Gasteiger partial charge in [-0.15, -0.1) is 11.3 Å². The van der Waals surface area contributed by atoms with Crippen LogP contribution in [0.25, 0.3) is 0 Å². The van der Waals surface area contributed by atoms with Crippen molar-refractivity contribution in [3.8, 4) is 5.75 Å². The molecule has 1 aromatic heterocycles. The molecule has 18 heavy (non-hydrogen) atoms. The highest BCUT2D eigenvalue weighted by Crippen LogP contribution is 2.14. The molecule has 0 unspecified atom stereocenters. The van der Waals surface area contributed by atoms with Crippen molar-refractivity contribution in [2.45, 2.75) is 13.0 Å². The molecule has 2 aromatic rings. The van der Waals surface area contributed by atoms with Crippen LogP contribution in [0.15, 0.2) is 30.5 Å². The Hall–Kier alpha value is -1.59. The van der Waals surface area contributed by atoms with Gasteiger partial charge in [0.1, 0.15) is 5.75 Å². The van der Waals surface area contributed by atoms with Crippen molar-refractivity contribution in [2.24, 2.45) is 0 Å². The predicted molar refractivity (Wildman–Crippen MR) is 74.9 cm³/mol. The maximum absolute atomic E-state index is 5.57. The van der Waals surface area contributed by atoms with Gasteiger partial charge in [-0.05, 0) is 30.7 Å². The smallest absolute Gasteiger partial charge is 0.180 e. The van der Waals surface area contributed by atoms with Gasteiger partial charge in [-0.3, -0.25) is 0 Å². The molecule has 0 fully saturated rings. The molecule has 0 aliphatic carbocycles. The van der Waals surface area contributed by atoms with Crippen molar-refractivity contribution in [3.63, 3.8) is 0 Å². The number of hydrogen-bond donors (Lipinski definition) is 2. The molecule has 0 amide bonds. The first-order chi connectivity index (χ1) is 8.78. The molecule has 0 atom stereocenters. The van der Waals surface area contributed by atoms with Crippen molar-refractivity contribution < 1.29 is 4.74 Å². The second-order valence-corrected chi connectivity index (χ2v) is 5.09. The Morgan fingerprint density at radius 1 is 1.33 bits per heavy atom. The maximum Gasteiger partial charge on any atom is 0.180 e. The first kappa shape index (κ1) is 12.9. The van der Waals surface area contributed by atoms with Gasteiger partial charge in [0.15, 0.2) is 5.13 Å². The highest BCUT2D eigenvalue weighted by atomic mass is 32.1. The normalized spacial score (nSPS) is 10.5. The number of nitrogen functional groups attached to an aromatic ring is 1. The van der Waals surface area contributed by atoms with Crippen LogP contribution < -0.4 is 15.8 Å². The number of anilines is 1. The number of hydrogen-bond acceptors (Lipinski definition) is 5. The third kappa shape index (κ3) is 3.72. The first-order valence-electron chi connectivity index (χ1n) is 5.82. The summed E-state index contributed by atoms with van der Waals surface area (Å²) in [5.41, 5.74) is 6.87. The number of ether oxygens (including phenoxy) is 1. The van der Waals surface area contributed by atoms with E-state index in [4.69, 9.17) is 10.5 Å². The summed E-state index contributed by atoms with van der Waals surface area (Å²) in [4.78, 5) is 5.18. The van der Waals surface area contributed by atoms with Crippen LogP contribution in [-0.2, 0) is 13.0 Å². The second kappa shape index (κ2) is 6.37. The second-order valence-electron chi connectivity index (χ2n) is 3.94. The molecule has 0 saturated carbocycles. The highest BCUT2D eigenvalue weighted by molar-refractivity contribution is 7.15. The van der Waals surface area contributed by atoms with Crippen LogP contribution in [0.2, 0.25) is 0 Å². The van der Waals surface area contributed by atoms with Crippen LogP contribution in [0.3, 0.4) is 0 Å². The topological polar surface area (TPSA) is 60.2 Å². The molecule has 0 saturated heterocycles. The number of nitrogens with two attached hydrogens (primary N) is 1. The molecule has 4 nitrogen and oxygen atoms in total. The molecule has 0 spiro atoms. The summed E-state index contributed by atoms with van der Waals surface area (Å²) >= 11 is 1.53. The van der Waals surface area contributed by atoms with Gasteiger partial charge in [0, 0.05) is 17.6 Å². The third-order valence-electron chi connectivity index (χ3n) is 2.62. The SMILES string of the molecule is COc1ccc(CCNCc2cnc(N)s2)cc1. The fraction of sp³-hybridized carbons (Fsp3) is 0.308. The van der Waals surface area contributed by atoms with E-state index in [9.17, 15) is 0 Å². The average Bonchev–Trinajstić information content (AvgIpc) is 2.81. The Kier molecular flexibility index (Phi) is 4.55. The van der Waals surface area contributed by atoms with Gasteiger partial charge in [0.05, 0.1) is 7.11 Å². The summed E-state index contributed by atoms with van der Waals surface area (Å²) in [5.74, 6) is 0.895. The van der Waals surface area contributed by atoms with E-state index < -0.39 is 0 Å². The van der Waals surface area contributed by atoms with Crippen molar-refractivity contribution in [2.75, 3.05) is 19.4 Å². The van der Waals surface area contributed by atoms with E-state index in [1.165, 1.54) is 21.8 Å². The molecule has 5 heteroatoms. The summed E-state index contributed by atoms with van der Waals surface area (Å²) in [6.07, 6.45) is 2.82. The molecule has 1 aromatic carbocycles. The van der Waals surface area contributed by atoms with Gasteiger partial charge in [0.25, 0.3) is 0 Å². The summed E-state index contributed by atoms with van der Waals surface area (Å²) < 4.78 is 5.12. The third-order valence-corrected chi connectivity index (χ3v) is 3.45. The molecular formula is C13H17N3OS. The summed E-state index contributed by atoms with van der Waals surface area (Å²) in [6, 6.07) is 8.15. The van der Waals surface area contributed by atoms with E-state index in [2.05, 4.69) is 22.4 Å². The Morgan fingerprint density at radius 3 is 2.72 bits per heavy atom. The van der Waals surface area contributed by atoms with E-state index in [-0.39, 0.29) is 0 Å². The highest BCUT2D eigenvalue weighted by Gasteiger charge is 1.98. The van der Waals surface area contributed by atoms with Crippen LogP contribution in [0.4, 0.5) is 5.13 Å². The molecule has 0 aliphatic rings. The van der Waals surface area contributed by atoms with Gasteiger partial charge in [-0.1, -0.05) is 12.1 Å². The lowest BCUT2D eigenvalue weighted by Crippen LogP contribution is -2.15.